The molecule has 1 aliphatic rings. The van der Waals surface area contributed by atoms with Crippen molar-refractivity contribution >= 4 is 22.8 Å². The van der Waals surface area contributed by atoms with Gasteiger partial charge in [-0.1, -0.05) is 6.07 Å². The van der Waals surface area contributed by atoms with E-state index >= 15 is 4.39 Å². The Morgan fingerprint density at radius 2 is 2.03 bits per heavy atom. The molecule has 0 atom stereocenters. The average molecular weight is 433 g/mol. The van der Waals surface area contributed by atoms with Gasteiger partial charge in [0.25, 0.3) is 5.91 Å². The molecule has 3 heterocycles. The number of carbonyl (C=O) groups excluding carboxylic acids is 1. The summed E-state index contributed by atoms with van der Waals surface area (Å²) in [6, 6.07) is 8.28. The third-order valence-electron chi connectivity index (χ3n) is 5.68. The maximum atomic E-state index is 15.0. The lowest BCUT2D eigenvalue weighted by Crippen LogP contribution is -2.35. The SMILES string of the molecule is CCn1cnc2c(-c3ccc(F)c(-c4ccc5c(c4OC)OCC(=O)N5C)c3)cnnc21. The van der Waals surface area contributed by atoms with Crippen molar-refractivity contribution in [1.82, 2.24) is 19.7 Å². The molecule has 0 unspecified atom stereocenters. The Morgan fingerprint density at radius 3 is 2.81 bits per heavy atom. The fourth-order valence-electron chi connectivity index (χ4n) is 3.95. The number of hydrogen-bond acceptors (Lipinski definition) is 6. The first-order valence-electron chi connectivity index (χ1n) is 10.1. The van der Waals surface area contributed by atoms with Crippen molar-refractivity contribution in [1.29, 1.82) is 0 Å². The Labute approximate surface area is 183 Å². The summed E-state index contributed by atoms with van der Waals surface area (Å²) in [6.45, 7) is 2.61. The highest BCUT2D eigenvalue weighted by atomic mass is 19.1. The Morgan fingerprint density at radius 1 is 1.19 bits per heavy atom. The molecule has 0 spiro atoms. The number of halogens is 1. The highest BCUT2D eigenvalue weighted by Crippen LogP contribution is 2.47. The van der Waals surface area contributed by atoms with Gasteiger partial charge in [0.05, 0.1) is 25.3 Å². The number of imidazole rings is 1. The van der Waals surface area contributed by atoms with Gasteiger partial charge in [-0.25, -0.2) is 9.37 Å². The standard InChI is InChI=1S/C23H20FN5O3/c1-4-29-12-25-20-16(10-26-27-23(20)29)13-5-7-17(24)15(9-13)14-6-8-18-22(21(14)31-3)32-11-19(30)28(18)2/h5-10,12H,4,11H2,1-3H3. The van der Waals surface area contributed by atoms with E-state index in [1.807, 2.05) is 11.5 Å². The van der Waals surface area contributed by atoms with Crippen LogP contribution in [0.5, 0.6) is 11.5 Å². The van der Waals surface area contributed by atoms with E-state index in [1.54, 1.807) is 43.8 Å². The smallest absolute Gasteiger partial charge is 0.264 e. The molecule has 0 radical (unpaired) electrons. The van der Waals surface area contributed by atoms with E-state index in [1.165, 1.54) is 18.1 Å². The van der Waals surface area contributed by atoms with Crippen molar-refractivity contribution < 1.29 is 18.7 Å². The van der Waals surface area contributed by atoms with E-state index in [4.69, 9.17) is 9.47 Å². The molecule has 1 amide bonds. The van der Waals surface area contributed by atoms with Gasteiger partial charge in [0, 0.05) is 30.3 Å². The van der Waals surface area contributed by atoms with Gasteiger partial charge < -0.3 is 18.9 Å². The number of nitrogens with zero attached hydrogens (tertiary/aromatic N) is 5. The summed E-state index contributed by atoms with van der Waals surface area (Å²) in [5.41, 5.74) is 4.29. The van der Waals surface area contributed by atoms with Gasteiger partial charge in [0.2, 0.25) is 0 Å². The fourth-order valence-corrected chi connectivity index (χ4v) is 3.95. The van der Waals surface area contributed by atoms with Crippen LogP contribution in [0.15, 0.2) is 42.9 Å². The summed E-state index contributed by atoms with van der Waals surface area (Å²) in [7, 11) is 3.16. The number of carbonyl (C=O) groups is 1. The minimum Gasteiger partial charge on any atom is -0.492 e. The average Bonchev–Trinajstić information content (AvgIpc) is 3.24. The van der Waals surface area contributed by atoms with Crippen LogP contribution in [0.2, 0.25) is 0 Å². The van der Waals surface area contributed by atoms with E-state index in [0.29, 0.717) is 46.0 Å². The van der Waals surface area contributed by atoms with E-state index in [2.05, 4.69) is 15.2 Å². The van der Waals surface area contributed by atoms with Crippen LogP contribution in [-0.4, -0.2) is 46.4 Å². The molecule has 0 aliphatic carbocycles. The van der Waals surface area contributed by atoms with Crippen molar-refractivity contribution in [3.05, 3.63) is 48.7 Å². The highest BCUT2D eigenvalue weighted by molar-refractivity contribution is 5.99. The van der Waals surface area contributed by atoms with Gasteiger partial charge in [0.1, 0.15) is 11.3 Å². The van der Waals surface area contributed by atoms with Gasteiger partial charge in [-0.05, 0) is 36.8 Å². The molecule has 2 aromatic carbocycles. The van der Waals surface area contributed by atoms with Crippen molar-refractivity contribution in [2.24, 2.45) is 0 Å². The van der Waals surface area contributed by atoms with Crippen molar-refractivity contribution in [3.63, 3.8) is 0 Å². The van der Waals surface area contributed by atoms with Crippen LogP contribution in [0.3, 0.4) is 0 Å². The second kappa shape index (κ2) is 7.60. The second-order valence-corrected chi connectivity index (χ2v) is 7.39. The summed E-state index contributed by atoms with van der Waals surface area (Å²) in [5, 5.41) is 8.31. The maximum absolute atomic E-state index is 15.0. The largest absolute Gasteiger partial charge is 0.492 e. The van der Waals surface area contributed by atoms with Crippen LogP contribution in [0, 0.1) is 5.82 Å². The zero-order valence-corrected chi connectivity index (χ0v) is 17.8. The van der Waals surface area contributed by atoms with Gasteiger partial charge in [-0.3, -0.25) is 4.79 Å². The molecule has 162 valence electrons. The molecule has 2 aromatic heterocycles. The molecule has 0 N–H and O–H groups in total. The second-order valence-electron chi connectivity index (χ2n) is 7.39. The van der Waals surface area contributed by atoms with Crippen LogP contribution in [0.1, 0.15) is 6.92 Å². The van der Waals surface area contributed by atoms with E-state index < -0.39 is 5.82 Å². The number of aryl methyl sites for hydroxylation is 1. The normalized spacial score (nSPS) is 13.2. The van der Waals surface area contributed by atoms with Gasteiger partial charge in [-0.2, -0.15) is 5.10 Å². The van der Waals surface area contributed by atoms with E-state index in [0.717, 1.165) is 11.1 Å². The summed E-state index contributed by atoms with van der Waals surface area (Å²) >= 11 is 0. The predicted octanol–water partition coefficient (Wildman–Crippen LogP) is 3.68. The zero-order valence-electron chi connectivity index (χ0n) is 17.8. The number of aromatic nitrogens is 4. The topological polar surface area (TPSA) is 82.4 Å². The quantitative estimate of drug-likeness (QED) is 0.488. The zero-order chi connectivity index (χ0) is 22.4. The number of ether oxygens (including phenoxy) is 2. The molecule has 9 heteroatoms. The minimum atomic E-state index is -0.412. The molecule has 1 aliphatic heterocycles. The fraction of sp³-hybridized carbons (Fsp3) is 0.217. The summed E-state index contributed by atoms with van der Waals surface area (Å²) < 4.78 is 28.2. The van der Waals surface area contributed by atoms with Crippen LogP contribution >= 0.6 is 0 Å². The van der Waals surface area contributed by atoms with Crippen molar-refractivity contribution in [3.8, 4) is 33.8 Å². The molecule has 0 saturated carbocycles. The summed E-state index contributed by atoms with van der Waals surface area (Å²) in [4.78, 5) is 18.0. The number of benzene rings is 2. The molecule has 0 saturated heterocycles. The van der Waals surface area contributed by atoms with Crippen LogP contribution < -0.4 is 14.4 Å². The first-order valence-corrected chi connectivity index (χ1v) is 10.1. The number of rotatable bonds is 4. The molecule has 4 aromatic rings. The van der Waals surface area contributed by atoms with Gasteiger partial charge >= 0.3 is 0 Å². The molecule has 5 rings (SSSR count). The Balaban J connectivity index is 1.68. The first kappa shape index (κ1) is 19.9. The summed E-state index contributed by atoms with van der Waals surface area (Å²) in [6.07, 6.45) is 3.34. The third-order valence-corrected chi connectivity index (χ3v) is 5.68. The number of fused-ring (bicyclic) bond motifs is 2. The first-order chi connectivity index (χ1) is 15.5. The molecule has 0 bridgehead atoms. The van der Waals surface area contributed by atoms with Crippen LogP contribution in [-0.2, 0) is 11.3 Å². The Bertz CT molecular complexity index is 1370. The molecular weight excluding hydrogens is 413 g/mol. The van der Waals surface area contributed by atoms with E-state index in [-0.39, 0.29) is 12.5 Å². The minimum absolute atomic E-state index is 0.105. The molecule has 8 nitrogen and oxygen atoms in total. The number of likely N-dealkylation sites (N-methyl/N-ethyl adjacent to an activating group) is 1. The molecular formula is C23H20FN5O3. The predicted molar refractivity (Wildman–Crippen MR) is 117 cm³/mol. The molecule has 0 fully saturated rings. The number of methoxy groups -OCH3 is 1. The Hall–Kier alpha value is -4.01. The van der Waals surface area contributed by atoms with Crippen molar-refractivity contribution in [2.75, 3.05) is 25.7 Å². The molecule has 32 heavy (non-hydrogen) atoms. The van der Waals surface area contributed by atoms with Crippen molar-refractivity contribution in [2.45, 2.75) is 13.5 Å². The summed E-state index contributed by atoms with van der Waals surface area (Å²) in [5.74, 6) is 0.198. The number of amides is 1. The van der Waals surface area contributed by atoms with E-state index in [9.17, 15) is 4.79 Å². The highest BCUT2D eigenvalue weighted by Gasteiger charge is 2.28. The monoisotopic (exact) mass is 433 g/mol. The maximum Gasteiger partial charge on any atom is 0.264 e. The number of anilines is 1. The lowest BCUT2D eigenvalue weighted by atomic mass is 9.97. The third kappa shape index (κ3) is 2.96. The van der Waals surface area contributed by atoms with Crippen LogP contribution in [0.4, 0.5) is 10.1 Å². The lowest BCUT2D eigenvalue weighted by Gasteiger charge is -2.28. The number of hydrogen-bond donors (Lipinski definition) is 0. The van der Waals surface area contributed by atoms with Gasteiger partial charge in [-0.15, -0.1) is 5.10 Å². The Kier molecular flexibility index (Phi) is 4.73. The van der Waals surface area contributed by atoms with Gasteiger partial charge in [0.15, 0.2) is 23.8 Å². The lowest BCUT2D eigenvalue weighted by molar-refractivity contribution is -0.121. The van der Waals surface area contributed by atoms with Crippen LogP contribution in [0.25, 0.3) is 33.4 Å².